The van der Waals surface area contributed by atoms with Gasteiger partial charge in [-0.15, -0.1) is 0 Å². The number of rotatable bonds is 4. The Morgan fingerprint density at radius 3 is 2.57 bits per heavy atom. The average Bonchev–Trinajstić information content (AvgIpc) is 3.36. The molecule has 3 heterocycles. The molecule has 1 aliphatic heterocycles. The SMILES string of the molecule is N#Cc1ccc(N2C(=O)C(O)=C(C(=O)c3ccco3)C2c2cccnc2)cc1. The van der Waals surface area contributed by atoms with Gasteiger partial charge in [0.05, 0.1) is 29.5 Å². The van der Waals surface area contributed by atoms with Gasteiger partial charge in [0, 0.05) is 18.1 Å². The highest BCUT2D eigenvalue weighted by atomic mass is 16.3. The third kappa shape index (κ3) is 2.73. The number of hydrogen-bond acceptors (Lipinski definition) is 6. The lowest BCUT2D eigenvalue weighted by Crippen LogP contribution is -2.31. The maximum absolute atomic E-state index is 13.0. The molecule has 0 radical (unpaired) electrons. The van der Waals surface area contributed by atoms with Crippen molar-refractivity contribution in [1.82, 2.24) is 4.98 Å². The van der Waals surface area contributed by atoms with Gasteiger partial charge in [-0.3, -0.25) is 19.5 Å². The summed E-state index contributed by atoms with van der Waals surface area (Å²) >= 11 is 0. The van der Waals surface area contributed by atoms with Crippen molar-refractivity contribution in [2.75, 3.05) is 4.90 Å². The molecule has 0 spiro atoms. The molecule has 2 aromatic heterocycles. The van der Waals surface area contributed by atoms with Gasteiger partial charge in [0.15, 0.2) is 11.5 Å². The first kappa shape index (κ1) is 17.2. The van der Waals surface area contributed by atoms with Gasteiger partial charge in [0.25, 0.3) is 5.91 Å². The van der Waals surface area contributed by atoms with Crippen molar-refractivity contribution in [3.63, 3.8) is 0 Å². The second-order valence-electron chi connectivity index (χ2n) is 6.09. The Morgan fingerprint density at radius 1 is 1.18 bits per heavy atom. The van der Waals surface area contributed by atoms with Crippen LogP contribution in [0, 0.1) is 11.3 Å². The third-order valence-electron chi connectivity index (χ3n) is 4.47. The van der Waals surface area contributed by atoms with Gasteiger partial charge in [0.1, 0.15) is 0 Å². The lowest BCUT2D eigenvalue weighted by Gasteiger charge is -2.26. The first-order chi connectivity index (χ1) is 13.6. The number of amides is 1. The van der Waals surface area contributed by atoms with Gasteiger partial charge in [-0.1, -0.05) is 6.07 Å². The van der Waals surface area contributed by atoms with Crippen LogP contribution in [0.25, 0.3) is 0 Å². The monoisotopic (exact) mass is 371 g/mol. The van der Waals surface area contributed by atoms with Crippen LogP contribution in [0.1, 0.15) is 27.7 Å². The minimum atomic E-state index is -0.883. The first-order valence-electron chi connectivity index (χ1n) is 8.37. The molecule has 0 bridgehead atoms. The fourth-order valence-electron chi connectivity index (χ4n) is 3.19. The smallest absolute Gasteiger partial charge is 0.294 e. The standard InChI is InChI=1S/C21H13N3O4/c22-11-13-5-7-15(8-6-13)24-18(14-3-1-9-23-12-14)17(20(26)21(24)27)19(25)16-4-2-10-28-16/h1-10,12,18,26H. The molecule has 7 nitrogen and oxygen atoms in total. The van der Waals surface area contributed by atoms with Crippen LogP contribution < -0.4 is 4.90 Å². The van der Waals surface area contributed by atoms with E-state index in [2.05, 4.69) is 4.98 Å². The number of furan rings is 1. The quantitative estimate of drug-likeness (QED) is 0.705. The lowest BCUT2D eigenvalue weighted by molar-refractivity contribution is -0.117. The van der Waals surface area contributed by atoms with E-state index in [1.54, 1.807) is 48.7 Å². The summed E-state index contributed by atoms with van der Waals surface area (Å²) in [6, 6.07) is 13.9. The van der Waals surface area contributed by atoms with Crippen molar-refractivity contribution in [2.45, 2.75) is 6.04 Å². The second-order valence-corrected chi connectivity index (χ2v) is 6.09. The topological polar surface area (TPSA) is 107 Å². The van der Waals surface area contributed by atoms with Gasteiger partial charge in [-0.25, -0.2) is 0 Å². The highest BCUT2D eigenvalue weighted by Gasteiger charge is 2.45. The molecule has 4 rings (SSSR count). The molecule has 136 valence electrons. The number of nitriles is 1. The van der Waals surface area contributed by atoms with Crippen molar-refractivity contribution in [3.8, 4) is 6.07 Å². The van der Waals surface area contributed by atoms with Crippen molar-refractivity contribution >= 4 is 17.4 Å². The Kier molecular flexibility index (Phi) is 4.22. The van der Waals surface area contributed by atoms with Crippen LogP contribution in [0.15, 0.2) is 82.9 Å². The van der Waals surface area contributed by atoms with Crippen LogP contribution in [-0.4, -0.2) is 21.8 Å². The molecular formula is C21H13N3O4. The normalized spacial score (nSPS) is 16.3. The molecular weight excluding hydrogens is 358 g/mol. The van der Waals surface area contributed by atoms with E-state index in [9.17, 15) is 14.7 Å². The van der Waals surface area contributed by atoms with Gasteiger partial charge >= 0.3 is 0 Å². The fourth-order valence-corrected chi connectivity index (χ4v) is 3.19. The van der Waals surface area contributed by atoms with Crippen molar-refractivity contribution in [3.05, 3.63) is 95.4 Å². The molecule has 28 heavy (non-hydrogen) atoms. The number of aliphatic hydroxyl groups is 1. The van der Waals surface area contributed by atoms with Gasteiger partial charge in [-0.2, -0.15) is 5.26 Å². The third-order valence-corrected chi connectivity index (χ3v) is 4.47. The molecule has 0 saturated carbocycles. The number of Topliss-reactive ketones (excluding diaryl/α,β-unsaturated/α-hetero) is 1. The number of benzene rings is 1. The number of anilines is 1. The Bertz CT molecular complexity index is 1110. The Morgan fingerprint density at radius 2 is 1.96 bits per heavy atom. The molecule has 1 aromatic carbocycles. The molecule has 1 aliphatic rings. The maximum atomic E-state index is 13.0. The van der Waals surface area contributed by atoms with E-state index in [-0.39, 0.29) is 11.3 Å². The van der Waals surface area contributed by atoms with E-state index in [4.69, 9.17) is 9.68 Å². The fraction of sp³-hybridized carbons (Fsp3) is 0.0476. The number of pyridine rings is 1. The summed E-state index contributed by atoms with van der Waals surface area (Å²) in [5, 5.41) is 19.5. The van der Waals surface area contributed by atoms with E-state index in [1.165, 1.54) is 23.4 Å². The summed E-state index contributed by atoms with van der Waals surface area (Å²) in [6.07, 6.45) is 4.45. The number of ketones is 1. The summed E-state index contributed by atoms with van der Waals surface area (Å²) in [4.78, 5) is 31.2. The Balaban J connectivity index is 1.86. The first-order valence-corrected chi connectivity index (χ1v) is 8.37. The number of carbonyl (C=O) groups excluding carboxylic acids is 2. The largest absolute Gasteiger partial charge is 0.503 e. The number of aromatic nitrogens is 1. The van der Waals surface area contributed by atoms with E-state index in [1.807, 2.05) is 6.07 Å². The van der Waals surface area contributed by atoms with Crippen molar-refractivity contribution < 1.29 is 19.1 Å². The van der Waals surface area contributed by atoms with E-state index in [0.29, 0.717) is 16.8 Å². The van der Waals surface area contributed by atoms with Crippen molar-refractivity contribution in [2.24, 2.45) is 0 Å². The predicted molar refractivity (Wildman–Crippen MR) is 98.3 cm³/mol. The Hall–Kier alpha value is -4.18. The van der Waals surface area contributed by atoms with E-state index >= 15 is 0 Å². The maximum Gasteiger partial charge on any atom is 0.294 e. The minimum Gasteiger partial charge on any atom is -0.503 e. The number of nitrogens with zero attached hydrogens (tertiary/aromatic N) is 3. The molecule has 1 unspecified atom stereocenters. The number of aliphatic hydroxyl groups excluding tert-OH is 1. The minimum absolute atomic E-state index is 0.0184. The summed E-state index contributed by atoms with van der Waals surface area (Å²) in [7, 11) is 0. The molecule has 3 aromatic rings. The van der Waals surface area contributed by atoms with Crippen molar-refractivity contribution in [1.29, 1.82) is 5.26 Å². The van der Waals surface area contributed by atoms with Crippen LogP contribution >= 0.6 is 0 Å². The molecule has 0 fully saturated rings. The number of carbonyl (C=O) groups is 2. The highest BCUT2D eigenvalue weighted by molar-refractivity contribution is 6.20. The van der Waals surface area contributed by atoms with E-state index in [0.717, 1.165) is 0 Å². The Labute approximate surface area is 159 Å². The molecule has 1 N–H and O–H groups in total. The summed E-state index contributed by atoms with van der Waals surface area (Å²) < 4.78 is 5.17. The molecule has 7 heteroatoms. The zero-order valence-corrected chi connectivity index (χ0v) is 14.4. The predicted octanol–water partition coefficient (Wildman–Crippen LogP) is 3.33. The lowest BCUT2D eigenvalue weighted by atomic mass is 9.96. The van der Waals surface area contributed by atoms with Crippen LogP contribution in [0.2, 0.25) is 0 Å². The van der Waals surface area contributed by atoms with Crippen LogP contribution in [0.4, 0.5) is 5.69 Å². The van der Waals surface area contributed by atoms with Crippen LogP contribution in [-0.2, 0) is 4.79 Å². The summed E-state index contributed by atoms with van der Waals surface area (Å²) in [5.74, 6) is -1.92. The van der Waals surface area contributed by atoms with Crippen LogP contribution in [0.5, 0.6) is 0 Å². The average molecular weight is 371 g/mol. The van der Waals surface area contributed by atoms with Gasteiger partial charge < -0.3 is 9.52 Å². The molecule has 0 saturated heterocycles. The molecule has 0 aliphatic carbocycles. The van der Waals surface area contributed by atoms with E-state index < -0.39 is 23.5 Å². The molecule has 1 amide bonds. The highest BCUT2D eigenvalue weighted by Crippen LogP contribution is 2.41. The zero-order chi connectivity index (χ0) is 19.7. The van der Waals surface area contributed by atoms with Gasteiger partial charge in [0.2, 0.25) is 5.78 Å². The second kappa shape index (κ2) is 6.85. The number of hydrogen-bond donors (Lipinski definition) is 1. The summed E-state index contributed by atoms with van der Waals surface area (Å²) in [6.45, 7) is 0. The van der Waals surface area contributed by atoms with Gasteiger partial charge in [-0.05, 0) is 48.0 Å². The molecule has 1 atom stereocenters. The summed E-state index contributed by atoms with van der Waals surface area (Å²) in [5.41, 5.74) is 1.33. The van der Waals surface area contributed by atoms with Crippen LogP contribution in [0.3, 0.4) is 0 Å². The zero-order valence-electron chi connectivity index (χ0n) is 14.4.